The van der Waals surface area contributed by atoms with Gasteiger partial charge in [-0.2, -0.15) is 0 Å². The van der Waals surface area contributed by atoms with Crippen molar-refractivity contribution < 1.29 is 0 Å². The van der Waals surface area contributed by atoms with E-state index in [0.29, 0.717) is 11.5 Å². The SMILES string of the molecule is CN=C(NCC(c1ccccc1)N1CCCC1)N1CCC2(CCC2)C1.I. The topological polar surface area (TPSA) is 30.9 Å². The zero-order chi connectivity index (χ0) is 17.1. The molecule has 1 aromatic carbocycles. The summed E-state index contributed by atoms with van der Waals surface area (Å²) in [6.07, 6.45) is 8.26. The third-order valence-electron chi connectivity index (χ3n) is 6.58. The largest absolute Gasteiger partial charge is 0.354 e. The van der Waals surface area contributed by atoms with Gasteiger partial charge in [0.1, 0.15) is 0 Å². The lowest BCUT2D eigenvalue weighted by molar-refractivity contribution is 0.151. The van der Waals surface area contributed by atoms with Gasteiger partial charge < -0.3 is 10.2 Å². The van der Waals surface area contributed by atoms with Gasteiger partial charge in [0, 0.05) is 26.7 Å². The molecule has 2 aliphatic heterocycles. The lowest BCUT2D eigenvalue weighted by Crippen LogP contribution is -2.45. The molecular formula is C21H33IN4. The average molecular weight is 468 g/mol. The number of hydrogen-bond donors (Lipinski definition) is 1. The summed E-state index contributed by atoms with van der Waals surface area (Å²) < 4.78 is 0. The predicted octanol–water partition coefficient (Wildman–Crippen LogP) is 3.89. The van der Waals surface area contributed by atoms with E-state index < -0.39 is 0 Å². The van der Waals surface area contributed by atoms with Gasteiger partial charge in [-0.1, -0.05) is 36.8 Å². The first kappa shape index (κ1) is 19.9. The third-order valence-corrected chi connectivity index (χ3v) is 6.58. The van der Waals surface area contributed by atoms with E-state index in [1.807, 2.05) is 7.05 Å². The van der Waals surface area contributed by atoms with Gasteiger partial charge >= 0.3 is 0 Å². The molecule has 2 heterocycles. The fraction of sp³-hybridized carbons (Fsp3) is 0.667. The maximum atomic E-state index is 4.60. The second kappa shape index (κ2) is 8.91. The van der Waals surface area contributed by atoms with E-state index in [9.17, 15) is 0 Å². The third kappa shape index (κ3) is 4.19. The highest BCUT2D eigenvalue weighted by Gasteiger charge is 2.43. The van der Waals surface area contributed by atoms with Crippen LogP contribution in [0, 0.1) is 5.41 Å². The molecule has 4 rings (SSSR count). The van der Waals surface area contributed by atoms with Crippen LogP contribution in [-0.4, -0.2) is 55.5 Å². The van der Waals surface area contributed by atoms with Crippen LogP contribution in [0.4, 0.5) is 0 Å². The van der Waals surface area contributed by atoms with Crippen LogP contribution in [0.1, 0.15) is 50.1 Å². The molecule has 1 unspecified atom stereocenters. The summed E-state index contributed by atoms with van der Waals surface area (Å²) in [6.45, 7) is 5.74. The van der Waals surface area contributed by atoms with Crippen molar-refractivity contribution in [3.05, 3.63) is 35.9 Å². The Morgan fingerprint density at radius 3 is 2.38 bits per heavy atom. The second-order valence-corrected chi connectivity index (χ2v) is 8.12. The highest BCUT2D eigenvalue weighted by atomic mass is 127. The molecule has 144 valence electrons. The summed E-state index contributed by atoms with van der Waals surface area (Å²) in [7, 11) is 1.93. The molecule has 1 aromatic rings. The Bertz CT molecular complexity index is 593. The smallest absolute Gasteiger partial charge is 0.193 e. The van der Waals surface area contributed by atoms with Gasteiger partial charge in [-0.05, 0) is 56.2 Å². The number of nitrogens with one attached hydrogen (secondary N) is 1. The molecule has 2 saturated heterocycles. The summed E-state index contributed by atoms with van der Waals surface area (Å²) in [4.78, 5) is 9.72. The Hall–Kier alpha value is -0.820. The zero-order valence-corrected chi connectivity index (χ0v) is 18.3. The minimum Gasteiger partial charge on any atom is -0.354 e. The summed E-state index contributed by atoms with van der Waals surface area (Å²) in [5.74, 6) is 1.10. The first-order valence-electron chi connectivity index (χ1n) is 10.0. The van der Waals surface area contributed by atoms with Crippen LogP contribution in [0.25, 0.3) is 0 Å². The predicted molar refractivity (Wildman–Crippen MR) is 119 cm³/mol. The molecule has 0 aromatic heterocycles. The molecular weight excluding hydrogens is 435 g/mol. The van der Waals surface area contributed by atoms with Gasteiger partial charge in [0.2, 0.25) is 0 Å². The number of hydrogen-bond acceptors (Lipinski definition) is 2. The maximum absolute atomic E-state index is 4.60. The number of likely N-dealkylation sites (tertiary alicyclic amines) is 2. The molecule has 1 saturated carbocycles. The Morgan fingerprint density at radius 1 is 1.08 bits per heavy atom. The lowest BCUT2D eigenvalue weighted by atomic mass is 9.68. The Balaban J connectivity index is 0.00000196. The molecule has 3 aliphatic rings. The molecule has 4 nitrogen and oxygen atoms in total. The van der Waals surface area contributed by atoms with Gasteiger partial charge in [0.15, 0.2) is 5.96 Å². The van der Waals surface area contributed by atoms with Crippen LogP contribution in [0.3, 0.4) is 0 Å². The normalized spacial score (nSPS) is 23.6. The molecule has 26 heavy (non-hydrogen) atoms. The number of rotatable bonds is 4. The van der Waals surface area contributed by atoms with Gasteiger partial charge in [-0.15, -0.1) is 24.0 Å². The summed E-state index contributed by atoms with van der Waals surface area (Å²) >= 11 is 0. The quantitative estimate of drug-likeness (QED) is 0.413. The number of nitrogens with zero attached hydrogens (tertiary/aromatic N) is 3. The van der Waals surface area contributed by atoms with Crippen LogP contribution in [0.2, 0.25) is 0 Å². The number of aliphatic imine (C=N–C) groups is 1. The summed E-state index contributed by atoms with van der Waals surface area (Å²) in [6, 6.07) is 11.4. The minimum atomic E-state index is 0. The van der Waals surface area contributed by atoms with Crippen molar-refractivity contribution >= 4 is 29.9 Å². The summed E-state index contributed by atoms with van der Waals surface area (Å²) in [5.41, 5.74) is 2.04. The average Bonchev–Trinajstić information content (AvgIpc) is 3.29. The van der Waals surface area contributed by atoms with Gasteiger partial charge in [-0.3, -0.25) is 9.89 Å². The number of halogens is 1. The monoisotopic (exact) mass is 468 g/mol. The molecule has 1 N–H and O–H groups in total. The van der Waals surface area contributed by atoms with Gasteiger partial charge in [0.25, 0.3) is 0 Å². The first-order chi connectivity index (χ1) is 12.3. The first-order valence-corrected chi connectivity index (χ1v) is 10.0. The highest BCUT2D eigenvalue weighted by Crippen LogP contribution is 2.47. The zero-order valence-electron chi connectivity index (χ0n) is 16.0. The van der Waals surface area contributed by atoms with Crippen LogP contribution in [0.5, 0.6) is 0 Å². The van der Waals surface area contributed by atoms with E-state index in [1.165, 1.54) is 70.3 Å². The molecule has 1 atom stereocenters. The van der Waals surface area contributed by atoms with Crippen molar-refractivity contribution in [2.75, 3.05) is 39.8 Å². The van der Waals surface area contributed by atoms with Crippen LogP contribution < -0.4 is 5.32 Å². The van der Waals surface area contributed by atoms with Gasteiger partial charge in [0.05, 0.1) is 6.04 Å². The molecule has 0 amide bonds. The number of benzene rings is 1. The molecule has 3 fully saturated rings. The fourth-order valence-electron chi connectivity index (χ4n) is 4.91. The Labute approximate surface area is 175 Å². The van der Waals surface area contributed by atoms with E-state index in [0.717, 1.165) is 12.5 Å². The van der Waals surface area contributed by atoms with Crippen LogP contribution in [-0.2, 0) is 0 Å². The lowest BCUT2D eigenvalue weighted by Gasteiger charge is -2.38. The van der Waals surface area contributed by atoms with Gasteiger partial charge in [-0.25, -0.2) is 0 Å². The second-order valence-electron chi connectivity index (χ2n) is 8.12. The molecule has 5 heteroatoms. The fourth-order valence-corrected chi connectivity index (χ4v) is 4.91. The van der Waals surface area contributed by atoms with Crippen molar-refractivity contribution in [3.8, 4) is 0 Å². The van der Waals surface area contributed by atoms with Crippen molar-refractivity contribution in [2.24, 2.45) is 10.4 Å². The van der Waals surface area contributed by atoms with Crippen molar-refractivity contribution in [1.82, 2.24) is 15.1 Å². The van der Waals surface area contributed by atoms with Crippen molar-refractivity contribution in [1.29, 1.82) is 0 Å². The van der Waals surface area contributed by atoms with E-state index in [-0.39, 0.29) is 24.0 Å². The molecule has 0 bridgehead atoms. The molecule has 1 spiro atoms. The number of guanidine groups is 1. The van der Waals surface area contributed by atoms with E-state index in [4.69, 9.17) is 0 Å². The van der Waals surface area contributed by atoms with Crippen molar-refractivity contribution in [3.63, 3.8) is 0 Å². The minimum absolute atomic E-state index is 0. The summed E-state index contributed by atoms with van der Waals surface area (Å²) in [5, 5.41) is 3.71. The van der Waals surface area contributed by atoms with Crippen LogP contribution >= 0.6 is 24.0 Å². The Kier molecular flexibility index (Phi) is 6.83. The molecule has 1 aliphatic carbocycles. The standard InChI is InChI=1S/C21H32N4.HI/c1-22-20(25-15-12-21(17-25)10-7-11-21)23-16-19(24-13-5-6-14-24)18-8-3-2-4-9-18;/h2-4,8-9,19H,5-7,10-17H2,1H3,(H,22,23);1H. The highest BCUT2D eigenvalue weighted by molar-refractivity contribution is 14.0. The van der Waals surface area contributed by atoms with Crippen molar-refractivity contribution in [2.45, 2.75) is 44.6 Å². The van der Waals surface area contributed by atoms with E-state index in [1.54, 1.807) is 0 Å². The maximum Gasteiger partial charge on any atom is 0.193 e. The van der Waals surface area contributed by atoms with Crippen LogP contribution in [0.15, 0.2) is 35.3 Å². The van der Waals surface area contributed by atoms with E-state index in [2.05, 4.69) is 50.4 Å². The van der Waals surface area contributed by atoms with E-state index >= 15 is 0 Å². The Morgan fingerprint density at radius 2 is 1.81 bits per heavy atom. The molecule has 0 radical (unpaired) electrons.